The largest absolute Gasteiger partial charge is 0.469 e. The Morgan fingerprint density at radius 1 is 1.26 bits per heavy atom. The second-order valence-corrected chi connectivity index (χ2v) is 3.56. The van der Waals surface area contributed by atoms with Gasteiger partial charge in [-0.25, -0.2) is 0 Å². The van der Waals surface area contributed by atoms with Gasteiger partial charge in [-0.1, -0.05) is 0 Å². The Kier molecular flexibility index (Phi) is 16.9. The van der Waals surface area contributed by atoms with E-state index in [-0.39, 0.29) is 29.9 Å². The van der Waals surface area contributed by atoms with Gasteiger partial charge in [-0.3, -0.25) is 9.79 Å². The van der Waals surface area contributed by atoms with Crippen LogP contribution in [0.5, 0.6) is 0 Å². The Morgan fingerprint density at radius 3 is 2.58 bits per heavy atom. The van der Waals surface area contributed by atoms with Gasteiger partial charge in [0.2, 0.25) is 0 Å². The molecule has 0 rings (SSSR count). The Labute approximate surface area is 132 Å². The highest BCUT2D eigenvalue weighted by Crippen LogP contribution is 1.86. The van der Waals surface area contributed by atoms with Crippen molar-refractivity contribution in [2.75, 3.05) is 40.0 Å². The molecule has 0 heterocycles. The number of halogens is 1. The van der Waals surface area contributed by atoms with Gasteiger partial charge in [0.15, 0.2) is 5.96 Å². The number of carbonyl (C=O) groups excluding carboxylic acids is 1. The quantitative estimate of drug-likeness (QED) is 0.204. The third-order valence-electron chi connectivity index (χ3n) is 2.11. The number of nitrogens with zero attached hydrogens (tertiary/aromatic N) is 1. The lowest BCUT2D eigenvalue weighted by Crippen LogP contribution is -2.38. The van der Waals surface area contributed by atoms with E-state index in [1.54, 1.807) is 0 Å². The maximum absolute atomic E-state index is 10.9. The molecular weight excluding hydrogens is 361 g/mol. The van der Waals surface area contributed by atoms with Crippen LogP contribution in [-0.2, 0) is 14.3 Å². The normalized spacial score (nSPS) is 10.6. The monoisotopic (exact) mass is 387 g/mol. The van der Waals surface area contributed by atoms with Crippen molar-refractivity contribution in [2.45, 2.75) is 26.7 Å². The first-order valence-electron chi connectivity index (χ1n) is 6.41. The second kappa shape index (κ2) is 15.5. The SMILES string of the molecule is CCNC(=NCCCOCC)NCCC(=O)OC.I. The van der Waals surface area contributed by atoms with Crippen molar-refractivity contribution in [3.8, 4) is 0 Å². The molecule has 0 aromatic heterocycles. The van der Waals surface area contributed by atoms with E-state index in [1.165, 1.54) is 7.11 Å². The third-order valence-corrected chi connectivity index (χ3v) is 2.11. The first kappa shape index (κ1) is 20.7. The maximum atomic E-state index is 10.9. The number of nitrogens with one attached hydrogen (secondary N) is 2. The number of rotatable bonds is 9. The number of ether oxygens (including phenoxy) is 2. The minimum atomic E-state index is -0.227. The Balaban J connectivity index is 0. The highest BCUT2D eigenvalue weighted by Gasteiger charge is 2.01. The van der Waals surface area contributed by atoms with E-state index in [2.05, 4.69) is 20.4 Å². The van der Waals surface area contributed by atoms with Crippen LogP contribution in [0.4, 0.5) is 0 Å². The number of esters is 1. The third kappa shape index (κ3) is 13.7. The van der Waals surface area contributed by atoms with Crippen molar-refractivity contribution in [3.05, 3.63) is 0 Å². The molecule has 0 spiro atoms. The fourth-order valence-corrected chi connectivity index (χ4v) is 1.23. The summed E-state index contributed by atoms with van der Waals surface area (Å²) in [5.41, 5.74) is 0. The first-order chi connectivity index (χ1) is 8.74. The molecule has 0 aliphatic heterocycles. The molecule has 0 aromatic carbocycles. The highest BCUT2D eigenvalue weighted by molar-refractivity contribution is 14.0. The molecule has 0 amide bonds. The predicted molar refractivity (Wildman–Crippen MR) is 87.1 cm³/mol. The van der Waals surface area contributed by atoms with Gasteiger partial charge in [0, 0.05) is 32.8 Å². The number of methoxy groups -OCH3 is 1. The summed E-state index contributed by atoms with van der Waals surface area (Å²) < 4.78 is 9.79. The molecule has 0 aromatic rings. The van der Waals surface area contributed by atoms with Crippen molar-refractivity contribution in [1.29, 1.82) is 0 Å². The summed E-state index contributed by atoms with van der Waals surface area (Å²) >= 11 is 0. The van der Waals surface area contributed by atoms with Crippen LogP contribution in [-0.4, -0.2) is 51.9 Å². The van der Waals surface area contributed by atoms with E-state index < -0.39 is 0 Å². The van der Waals surface area contributed by atoms with Crippen molar-refractivity contribution in [2.24, 2.45) is 4.99 Å². The summed E-state index contributed by atoms with van der Waals surface area (Å²) in [7, 11) is 1.38. The zero-order valence-corrected chi connectivity index (χ0v) is 14.4. The zero-order valence-electron chi connectivity index (χ0n) is 12.0. The van der Waals surface area contributed by atoms with Gasteiger partial charge in [-0.2, -0.15) is 0 Å². The van der Waals surface area contributed by atoms with Gasteiger partial charge < -0.3 is 20.1 Å². The molecule has 7 heteroatoms. The number of hydrogen-bond acceptors (Lipinski definition) is 4. The number of guanidine groups is 1. The van der Waals surface area contributed by atoms with Crippen LogP contribution in [0.25, 0.3) is 0 Å². The minimum Gasteiger partial charge on any atom is -0.469 e. The summed E-state index contributed by atoms with van der Waals surface area (Å²) in [6.07, 6.45) is 1.22. The predicted octanol–water partition coefficient (Wildman–Crippen LogP) is 1.15. The highest BCUT2D eigenvalue weighted by atomic mass is 127. The molecule has 0 saturated carbocycles. The van der Waals surface area contributed by atoms with Crippen LogP contribution < -0.4 is 10.6 Å². The van der Waals surface area contributed by atoms with Gasteiger partial charge >= 0.3 is 5.97 Å². The molecule has 2 N–H and O–H groups in total. The lowest BCUT2D eigenvalue weighted by Gasteiger charge is -2.10. The van der Waals surface area contributed by atoms with E-state index in [1.807, 2.05) is 13.8 Å². The molecule has 0 unspecified atom stereocenters. The summed E-state index contributed by atoms with van der Waals surface area (Å²) in [4.78, 5) is 15.3. The zero-order chi connectivity index (χ0) is 13.6. The van der Waals surface area contributed by atoms with E-state index in [4.69, 9.17) is 4.74 Å². The summed E-state index contributed by atoms with van der Waals surface area (Å²) in [6.45, 7) is 7.44. The molecule has 0 fully saturated rings. The van der Waals surface area contributed by atoms with E-state index in [0.29, 0.717) is 19.5 Å². The van der Waals surface area contributed by atoms with Gasteiger partial charge in [-0.15, -0.1) is 24.0 Å². The van der Waals surface area contributed by atoms with Gasteiger partial charge in [0.05, 0.1) is 13.5 Å². The smallest absolute Gasteiger partial charge is 0.307 e. The molecule has 6 nitrogen and oxygen atoms in total. The molecule has 0 aliphatic rings. The number of carbonyl (C=O) groups is 1. The fourth-order valence-electron chi connectivity index (χ4n) is 1.23. The molecule has 114 valence electrons. The lowest BCUT2D eigenvalue weighted by atomic mass is 10.4. The van der Waals surface area contributed by atoms with Crippen molar-refractivity contribution in [3.63, 3.8) is 0 Å². The van der Waals surface area contributed by atoms with Crippen LogP contribution in [0.2, 0.25) is 0 Å². The Hall–Kier alpha value is -0.570. The van der Waals surface area contributed by atoms with Crippen molar-refractivity contribution >= 4 is 35.9 Å². The van der Waals surface area contributed by atoms with Crippen LogP contribution >= 0.6 is 24.0 Å². The van der Waals surface area contributed by atoms with Crippen LogP contribution in [0.3, 0.4) is 0 Å². The lowest BCUT2D eigenvalue weighted by molar-refractivity contribution is -0.140. The van der Waals surface area contributed by atoms with Gasteiger partial charge in [0.1, 0.15) is 0 Å². The average Bonchev–Trinajstić information content (AvgIpc) is 2.38. The molecule has 0 bridgehead atoms. The van der Waals surface area contributed by atoms with E-state index >= 15 is 0 Å². The van der Waals surface area contributed by atoms with Gasteiger partial charge in [0.25, 0.3) is 0 Å². The molecule has 0 radical (unpaired) electrons. The molecule has 0 saturated heterocycles. The number of aliphatic imine (C=N–C) groups is 1. The standard InChI is InChI=1S/C12H25N3O3.HI/c1-4-13-12(14-8-6-10-18-5-2)15-9-7-11(16)17-3;/h4-10H2,1-3H3,(H2,13,14,15);1H. The van der Waals surface area contributed by atoms with Crippen LogP contribution in [0, 0.1) is 0 Å². The van der Waals surface area contributed by atoms with E-state index in [0.717, 1.165) is 32.1 Å². The van der Waals surface area contributed by atoms with Crippen molar-refractivity contribution < 1.29 is 14.3 Å². The molecular formula is C12H26IN3O3. The second-order valence-electron chi connectivity index (χ2n) is 3.56. The first-order valence-corrected chi connectivity index (χ1v) is 6.41. The maximum Gasteiger partial charge on any atom is 0.307 e. The topological polar surface area (TPSA) is 72.0 Å². The molecule has 0 atom stereocenters. The van der Waals surface area contributed by atoms with Crippen LogP contribution in [0.1, 0.15) is 26.7 Å². The Bertz CT molecular complexity index is 250. The summed E-state index contributed by atoms with van der Waals surface area (Å²) in [5.74, 6) is 0.493. The van der Waals surface area contributed by atoms with E-state index in [9.17, 15) is 4.79 Å². The number of hydrogen-bond donors (Lipinski definition) is 2. The molecule has 0 aliphatic carbocycles. The van der Waals surface area contributed by atoms with Crippen molar-refractivity contribution in [1.82, 2.24) is 10.6 Å². The Morgan fingerprint density at radius 2 is 2.00 bits per heavy atom. The van der Waals surface area contributed by atoms with Gasteiger partial charge in [-0.05, 0) is 20.3 Å². The minimum absolute atomic E-state index is 0. The average molecular weight is 387 g/mol. The van der Waals surface area contributed by atoms with Crippen LogP contribution in [0.15, 0.2) is 4.99 Å². The fraction of sp³-hybridized carbons (Fsp3) is 0.833. The summed E-state index contributed by atoms with van der Waals surface area (Å²) in [5, 5.41) is 6.19. The summed E-state index contributed by atoms with van der Waals surface area (Å²) in [6, 6.07) is 0. The molecule has 19 heavy (non-hydrogen) atoms.